The first-order chi connectivity index (χ1) is 14.4. The van der Waals surface area contributed by atoms with Gasteiger partial charge in [0, 0.05) is 12.1 Å². The number of carbonyl (C=O) groups excluding carboxylic acids is 2. The average Bonchev–Trinajstić information content (AvgIpc) is 2.96. The maximum Gasteiger partial charge on any atom is 0.268 e. The lowest BCUT2D eigenvalue weighted by atomic mass is 9.87. The number of aliphatic hydroxyl groups is 1. The normalized spacial score (nSPS) is 17.7. The number of hydrogen-bond donors (Lipinski definition) is 2. The first-order valence-corrected chi connectivity index (χ1v) is 9.93. The molecular formula is C25H24N2O3. The maximum atomic E-state index is 13.3. The second-order valence-electron chi connectivity index (χ2n) is 7.75. The van der Waals surface area contributed by atoms with Crippen LogP contribution < -0.4 is 10.2 Å². The van der Waals surface area contributed by atoms with Gasteiger partial charge in [0.1, 0.15) is 6.54 Å². The van der Waals surface area contributed by atoms with Gasteiger partial charge in [-0.1, -0.05) is 77.9 Å². The molecule has 0 saturated carbocycles. The van der Waals surface area contributed by atoms with Crippen LogP contribution in [0.1, 0.15) is 27.8 Å². The predicted molar refractivity (Wildman–Crippen MR) is 116 cm³/mol. The topological polar surface area (TPSA) is 69.6 Å². The van der Waals surface area contributed by atoms with Crippen molar-refractivity contribution in [2.75, 3.05) is 11.4 Å². The Morgan fingerprint density at radius 3 is 2.43 bits per heavy atom. The van der Waals surface area contributed by atoms with E-state index in [4.69, 9.17) is 0 Å². The van der Waals surface area contributed by atoms with Gasteiger partial charge in [-0.15, -0.1) is 0 Å². The summed E-state index contributed by atoms with van der Waals surface area (Å²) in [6, 6.07) is 22.2. The number of benzene rings is 3. The number of anilines is 1. The van der Waals surface area contributed by atoms with Crippen molar-refractivity contribution >= 4 is 17.5 Å². The fourth-order valence-electron chi connectivity index (χ4n) is 3.85. The van der Waals surface area contributed by atoms with Gasteiger partial charge in [-0.25, -0.2) is 0 Å². The van der Waals surface area contributed by atoms with Crippen LogP contribution >= 0.6 is 0 Å². The summed E-state index contributed by atoms with van der Waals surface area (Å²) < 4.78 is 0. The Bertz CT molecular complexity index is 1110. The molecule has 1 heterocycles. The molecule has 2 amide bonds. The molecule has 3 aromatic carbocycles. The highest BCUT2D eigenvalue weighted by atomic mass is 16.3. The van der Waals surface area contributed by atoms with E-state index < -0.39 is 11.5 Å². The van der Waals surface area contributed by atoms with Gasteiger partial charge < -0.3 is 10.4 Å². The van der Waals surface area contributed by atoms with Crippen LogP contribution in [0.15, 0.2) is 72.8 Å². The van der Waals surface area contributed by atoms with Crippen molar-refractivity contribution < 1.29 is 14.7 Å². The van der Waals surface area contributed by atoms with E-state index in [0.717, 1.165) is 16.7 Å². The van der Waals surface area contributed by atoms with E-state index in [-0.39, 0.29) is 12.5 Å². The van der Waals surface area contributed by atoms with E-state index in [0.29, 0.717) is 23.4 Å². The highest BCUT2D eigenvalue weighted by Gasteiger charge is 2.51. The third-order valence-electron chi connectivity index (χ3n) is 5.49. The van der Waals surface area contributed by atoms with Crippen LogP contribution in [0.3, 0.4) is 0 Å². The Hall–Kier alpha value is -3.44. The largest absolute Gasteiger partial charge is 0.372 e. The lowest BCUT2D eigenvalue weighted by Gasteiger charge is -2.24. The molecule has 0 saturated heterocycles. The first-order valence-electron chi connectivity index (χ1n) is 9.93. The summed E-state index contributed by atoms with van der Waals surface area (Å²) in [6.45, 7) is 4.14. The molecule has 0 fully saturated rings. The second kappa shape index (κ2) is 7.76. The molecule has 30 heavy (non-hydrogen) atoms. The van der Waals surface area contributed by atoms with Gasteiger partial charge in [-0.3, -0.25) is 14.5 Å². The molecule has 0 spiro atoms. The molecular weight excluding hydrogens is 376 g/mol. The van der Waals surface area contributed by atoms with Crippen LogP contribution in [0.4, 0.5) is 5.69 Å². The van der Waals surface area contributed by atoms with E-state index in [2.05, 4.69) is 5.32 Å². The van der Waals surface area contributed by atoms with Gasteiger partial charge in [-0.05, 0) is 31.0 Å². The molecule has 1 aliphatic heterocycles. The van der Waals surface area contributed by atoms with Crippen molar-refractivity contribution in [3.63, 3.8) is 0 Å². The van der Waals surface area contributed by atoms with Crippen LogP contribution in [0, 0.1) is 13.8 Å². The van der Waals surface area contributed by atoms with Gasteiger partial charge in [0.05, 0.1) is 5.69 Å². The number of nitrogens with zero attached hydrogens (tertiary/aromatic N) is 1. The van der Waals surface area contributed by atoms with Crippen molar-refractivity contribution in [1.82, 2.24) is 5.32 Å². The molecule has 0 bridgehead atoms. The van der Waals surface area contributed by atoms with Gasteiger partial charge in [0.15, 0.2) is 5.60 Å². The third kappa shape index (κ3) is 3.48. The second-order valence-corrected chi connectivity index (χ2v) is 7.75. The Balaban J connectivity index is 1.57. The lowest BCUT2D eigenvalue weighted by Crippen LogP contribution is -2.45. The zero-order chi connectivity index (χ0) is 21.3. The summed E-state index contributed by atoms with van der Waals surface area (Å²) in [5, 5.41) is 14.4. The van der Waals surface area contributed by atoms with Crippen molar-refractivity contribution in [1.29, 1.82) is 0 Å². The highest BCUT2D eigenvalue weighted by Crippen LogP contribution is 2.44. The molecule has 2 N–H and O–H groups in total. The number of amides is 2. The number of hydrogen-bond acceptors (Lipinski definition) is 3. The number of rotatable bonds is 5. The number of nitrogens with one attached hydrogen (secondary N) is 1. The Labute approximate surface area is 176 Å². The van der Waals surface area contributed by atoms with Crippen molar-refractivity contribution in [2.24, 2.45) is 0 Å². The van der Waals surface area contributed by atoms with Gasteiger partial charge in [0.2, 0.25) is 5.91 Å². The van der Waals surface area contributed by atoms with Crippen LogP contribution in [0.2, 0.25) is 0 Å². The maximum absolute atomic E-state index is 13.3. The zero-order valence-electron chi connectivity index (χ0n) is 17.1. The SMILES string of the molecule is Cc1ccc(CNC(=O)CN2C(=O)[C@@](O)(c3cccc(C)c3)c3ccccc32)cc1. The van der Waals surface area contributed by atoms with Crippen LogP contribution in [0.25, 0.3) is 0 Å². The monoisotopic (exact) mass is 400 g/mol. The molecule has 0 aliphatic carbocycles. The van der Waals surface area contributed by atoms with E-state index >= 15 is 0 Å². The van der Waals surface area contributed by atoms with E-state index in [1.165, 1.54) is 4.90 Å². The molecule has 5 nitrogen and oxygen atoms in total. The van der Waals surface area contributed by atoms with Crippen molar-refractivity contribution in [3.05, 3.63) is 101 Å². The summed E-state index contributed by atoms with van der Waals surface area (Å²) in [7, 11) is 0. The number of aryl methyl sites for hydroxylation is 2. The summed E-state index contributed by atoms with van der Waals surface area (Å²) in [6.07, 6.45) is 0. The quantitative estimate of drug-likeness (QED) is 0.691. The van der Waals surface area contributed by atoms with Gasteiger partial charge >= 0.3 is 0 Å². The third-order valence-corrected chi connectivity index (χ3v) is 5.49. The standard InChI is InChI=1S/C25H24N2O3/c1-17-10-12-19(13-11-17)15-26-23(28)16-27-22-9-4-3-8-21(22)25(30,24(27)29)20-7-5-6-18(2)14-20/h3-14,30H,15-16H2,1-2H3,(H,26,28)/t25-/m1/s1. The van der Waals surface area contributed by atoms with Crippen LogP contribution in [0.5, 0.6) is 0 Å². The first kappa shape index (κ1) is 19.9. The molecule has 1 aliphatic rings. The fourth-order valence-corrected chi connectivity index (χ4v) is 3.85. The number of carbonyl (C=O) groups is 2. The molecule has 1 atom stereocenters. The molecule has 5 heteroatoms. The molecule has 3 aromatic rings. The number of para-hydroxylation sites is 1. The number of fused-ring (bicyclic) bond motifs is 1. The minimum atomic E-state index is -1.81. The molecule has 0 unspecified atom stereocenters. The lowest BCUT2D eigenvalue weighted by molar-refractivity contribution is -0.133. The Morgan fingerprint density at radius 1 is 0.967 bits per heavy atom. The zero-order valence-corrected chi connectivity index (χ0v) is 17.1. The molecule has 0 radical (unpaired) electrons. The summed E-state index contributed by atoms with van der Waals surface area (Å²) in [4.78, 5) is 27.3. The van der Waals surface area contributed by atoms with Crippen molar-refractivity contribution in [3.8, 4) is 0 Å². The minimum Gasteiger partial charge on any atom is -0.372 e. The smallest absolute Gasteiger partial charge is 0.268 e. The summed E-state index contributed by atoms with van der Waals surface area (Å²) in [5.74, 6) is -0.799. The Kier molecular flexibility index (Phi) is 5.14. The predicted octanol–water partition coefficient (Wildman–Crippen LogP) is 3.20. The summed E-state index contributed by atoms with van der Waals surface area (Å²) >= 11 is 0. The summed E-state index contributed by atoms with van der Waals surface area (Å²) in [5.41, 5.74) is 2.82. The molecule has 4 rings (SSSR count). The van der Waals surface area contributed by atoms with Crippen molar-refractivity contribution in [2.45, 2.75) is 26.0 Å². The fraction of sp³-hybridized carbons (Fsp3) is 0.200. The van der Waals surface area contributed by atoms with Crippen LogP contribution in [-0.2, 0) is 21.7 Å². The Morgan fingerprint density at radius 2 is 1.70 bits per heavy atom. The molecule has 152 valence electrons. The van der Waals surface area contributed by atoms with E-state index in [1.807, 2.05) is 50.2 Å². The molecule has 0 aromatic heterocycles. The van der Waals surface area contributed by atoms with Gasteiger partial charge in [0.25, 0.3) is 5.91 Å². The van der Waals surface area contributed by atoms with E-state index in [9.17, 15) is 14.7 Å². The highest BCUT2D eigenvalue weighted by molar-refractivity contribution is 6.11. The van der Waals surface area contributed by atoms with Gasteiger partial charge in [-0.2, -0.15) is 0 Å². The van der Waals surface area contributed by atoms with Crippen LogP contribution in [-0.4, -0.2) is 23.5 Å². The average molecular weight is 400 g/mol. The van der Waals surface area contributed by atoms with E-state index in [1.54, 1.807) is 36.4 Å². The minimum absolute atomic E-state index is 0.157.